The Morgan fingerprint density at radius 2 is 1.86 bits per heavy atom. The van der Waals surface area contributed by atoms with E-state index in [1.54, 1.807) is 55.5 Å². The van der Waals surface area contributed by atoms with Crippen LogP contribution in [0.3, 0.4) is 0 Å². The van der Waals surface area contributed by atoms with Gasteiger partial charge in [-0.1, -0.05) is 19.1 Å². The SMILES string of the molecule is COc1ccccc1C(=O)Nc1ccc2c(c1)C(=O)N(C)C[C@@H](OC)[C@@H](C)CN(CC1CC1)[C@@H](C)CO2. The highest BCUT2D eigenvalue weighted by Gasteiger charge is 2.31. The highest BCUT2D eigenvalue weighted by molar-refractivity contribution is 6.07. The Bertz CT molecular complexity index is 1100. The van der Waals surface area contributed by atoms with Gasteiger partial charge >= 0.3 is 0 Å². The molecule has 0 bridgehead atoms. The molecule has 1 heterocycles. The highest BCUT2D eigenvalue weighted by Crippen LogP contribution is 2.32. The van der Waals surface area contributed by atoms with E-state index < -0.39 is 0 Å². The first-order chi connectivity index (χ1) is 17.8. The monoisotopic (exact) mass is 509 g/mol. The molecule has 1 fully saturated rings. The van der Waals surface area contributed by atoms with E-state index in [1.165, 1.54) is 20.0 Å². The van der Waals surface area contributed by atoms with E-state index in [2.05, 4.69) is 24.1 Å². The van der Waals surface area contributed by atoms with Crippen molar-refractivity contribution in [2.24, 2.45) is 11.8 Å². The highest BCUT2D eigenvalue weighted by atomic mass is 16.5. The lowest BCUT2D eigenvalue weighted by molar-refractivity contribution is 0.00994. The van der Waals surface area contributed by atoms with Gasteiger partial charge < -0.3 is 24.4 Å². The fraction of sp³-hybridized carbons (Fsp3) is 0.517. The van der Waals surface area contributed by atoms with Gasteiger partial charge in [0.15, 0.2) is 0 Å². The lowest BCUT2D eigenvalue weighted by atomic mass is 10.0. The minimum atomic E-state index is -0.315. The number of amides is 2. The van der Waals surface area contributed by atoms with Crippen LogP contribution in [-0.4, -0.2) is 81.3 Å². The van der Waals surface area contributed by atoms with Gasteiger partial charge in [-0.3, -0.25) is 14.5 Å². The lowest BCUT2D eigenvalue weighted by Crippen LogP contribution is -2.47. The molecule has 8 nitrogen and oxygen atoms in total. The van der Waals surface area contributed by atoms with E-state index in [4.69, 9.17) is 14.2 Å². The molecular weight excluding hydrogens is 470 g/mol. The summed E-state index contributed by atoms with van der Waals surface area (Å²) in [5, 5.41) is 2.90. The van der Waals surface area contributed by atoms with Crippen molar-refractivity contribution in [3.8, 4) is 11.5 Å². The van der Waals surface area contributed by atoms with E-state index in [9.17, 15) is 9.59 Å². The molecule has 1 aliphatic heterocycles. The number of ether oxygens (including phenoxy) is 3. The summed E-state index contributed by atoms with van der Waals surface area (Å²) in [5.41, 5.74) is 1.33. The average molecular weight is 510 g/mol. The maximum atomic E-state index is 13.6. The van der Waals surface area contributed by atoms with Gasteiger partial charge in [-0.05, 0) is 61.9 Å². The maximum Gasteiger partial charge on any atom is 0.259 e. The first-order valence-corrected chi connectivity index (χ1v) is 13.0. The van der Waals surface area contributed by atoms with Crippen LogP contribution in [0.5, 0.6) is 11.5 Å². The number of para-hydroxylation sites is 1. The summed E-state index contributed by atoms with van der Waals surface area (Å²) in [7, 11) is 5.02. The molecule has 1 N–H and O–H groups in total. The number of hydrogen-bond donors (Lipinski definition) is 1. The molecule has 0 radical (unpaired) electrons. The van der Waals surface area contributed by atoms with E-state index in [-0.39, 0.29) is 29.9 Å². The molecule has 0 saturated heterocycles. The predicted octanol–water partition coefficient (Wildman–Crippen LogP) is 4.16. The third kappa shape index (κ3) is 6.62. The Kier molecular flexibility index (Phi) is 8.71. The van der Waals surface area contributed by atoms with Crippen LogP contribution < -0.4 is 14.8 Å². The molecule has 2 aromatic rings. The van der Waals surface area contributed by atoms with Crippen LogP contribution in [-0.2, 0) is 4.74 Å². The molecule has 200 valence electrons. The number of benzene rings is 2. The van der Waals surface area contributed by atoms with E-state index in [0.717, 1.165) is 19.0 Å². The normalized spacial score (nSPS) is 23.3. The molecule has 2 aromatic carbocycles. The first-order valence-electron chi connectivity index (χ1n) is 13.0. The molecule has 0 spiro atoms. The molecule has 1 saturated carbocycles. The van der Waals surface area contributed by atoms with Crippen molar-refractivity contribution in [1.29, 1.82) is 0 Å². The molecule has 2 aliphatic rings. The van der Waals surface area contributed by atoms with Crippen LogP contribution >= 0.6 is 0 Å². The van der Waals surface area contributed by atoms with Crippen LogP contribution in [0.1, 0.15) is 47.4 Å². The summed E-state index contributed by atoms with van der Waals surface area (Å²) in [6, 6.07) is 12.4. The number of methoxy groups -OCH3 is 2. The number of nitrogens with one attached hydrogen (secondary N) is 1. The number of anilines is 1. The zero-order valence-electron chi connectivity index (χ0n) is 22.5. The lowest BCUT2D eigenvalue weighted by Gasteiger charge is -2.36. The molecular formula is C29H39N3O5. The van der Waals surface area contributed by atoms with Crippen LogP contribution in [0.25, 0.3) is 0 Å². The average Bonchev–Trinajstić information content (AvgIpc) is 3.73. The molecule has 0 unspecified atom stereocenters. The van der Waals surface area contributed by atoms with Gasteiger partial charge in [-0.25, -0.2) is 0 Å². The van der Waals surface area contributed by atoms with Crippen molar-refractivity contribution in [3.05, 3.63) is 53.6 Å². The largest absolute Gasteiger partial charge is 0.496 e. The minimum Gasteiger partial charge on any atom is -0.496 e. The second-order valence-electron chi connectivity index (χ2n) is 10.4. The zero-order chi connectivity index (χ0) is 26.5. The summed E-state index contributed by atoms with van der Waals surface area (Å²) >= 11 is 0. The van der Waals surface area contributed by atoms with E-state index in [0.29, 0.717) is 41.5 Å². The summed E-state index contributed by atoms with van der Waals surface area (Å²) in [5.74, 6) is 1.50. The van der Waals surface area contributed by atoms with E-state index >= 15 is 0 Å². The van der Waals surface area contributed by atoms with Crippen molar-refractivity contribution in [1.82, 2.24) is 9.80 Å². The summed E-state index contributed by atoms with van der Waals surface area (Å²) in [6.45, 7) is 7.24. The molecule has 0 aromatic heterocycles. The van der Waals surface area contributed by atoms with Gasteiger partial charge in [-0.15, -0.1) is 0 Å². The summed E-state index contributed by atoms with van der Waals surface area (Å²) < 4.78 is 17.4. The number of rotatable bonds is 6. The van der Waals surface area contributed by atoms with Gasteiger partial charge in [0, 0.05) is 45.5 Å². The van der Waals surface area contributed by atoms with Crippen LogP contribution in [0.15, 0.2) is 42.5 Å². The summed E-state index contributed by atoms with van der Waals surface area (Å²) in [6.07, 6.45) is 2.48. The van der Waals surface area contributed by atoms with Gasteiger partial charge in [0.25, 0.3) is 11.8 Å². The Hall–Kier alpha value is -3.10. The van der Waals surface area contributed by atoms with Crippen LogP contribution in [0, 0.1) is 11.8 Å². The third-order valence-electron chi connectivity index (χ3n) is 7.37. The Morgan fingerprint density at radius 1 is 1.11 bits per heavy atom. The van der Waals surface area contributed by atoms with Crippen molar-refractivity contribution in [2.75, 3.05) is 52.8 Å². The quantitative estimate of drug-likeness (QED) is 0.630. The standard InChI is InChI=1S/C29H39N3O5/c1-19-15-32(16-21-10-11-21)20(2)18-37-26-13-12-22(14-24(26)29(34)31(3)17-27(19)36-5)30-28(33)23-8-6-7-9-25(23)35-4/h6-9,12-14,19-21,27H,10-11,15-18H2,1-5H3,(H,30,33)/t19-,20-,27+/m0/s1. The number of fused-ring (bicyclic) bond motifs is 1. The van der Waals surface area contributed by atoms with Gasteiger partial charge in [0.1, 0.15) is 18.1 Å². The van der Waals surface area contributed by atoms with Crippen molar-refractivity contribution in [3.63, 3.8) is 0 Å². The second-order valence-corrected chi connectivity index (χ2v) is 10.4. The van der Waals surface area contributed by atoms with Crippen LogP contribution in [0.2, 0.25) is 0 Å². The molecule has 1 aliphatic carbocycles. The number of nitrogens with zero attached hydrogens (tertiary/aromatic N) is 2. The molecule has 3 atom stereocenters. The third-order valence-corrected chi connectivity index (χ3v) is 7.37. The minimum absolute atomic E-state index is 0.0971. The Labute approximate surface area is 219 Å². The predicted molar refractivity (Wildman–Crippen MR) is 144 cm³/mol. The topological polar surface area (TPSA) is 80.3 Å². The van der Waals surface area contributed by atoms with E-state index in [1.807, 2.05) is 6.07 Å². The van der Waals surface area contributed by atoms with Gasteiger partial charge in [0.2, 0.25) is 0 Å². The number of hydrogen-bond acceptors (Lipinski definition) is 6. The fourth-order valence-corrected chi connectivity index (χ4v) is 4.85. The maximum absolute atomic E-state index is 13.6. The molecule has 37 heavy (non-hydrogen) atoms. The van der Waals surface area contributed by atoms with Crippen molar-refractivity contribution in [2.45, 2.75) is 38.8 Å². The molecule has 8 heteroatoms. The van der Waals surface area contributed by atoms with Crippen molar-refractivity contribution < 1.29 is 23.8 Å². The number of likely N-dealkylation sites (N-methyl/N-ethyl adjacent to an activating group) is 1. The zero-order valence-corrected chi connectivity index (χ0v) is 22.5. The smallest absolute Gasteiger partial charge is 0.259 e. The number of carbonyl (C=O) groups excluding carboxylic acids is 2. The van der Waals surface area contributed by atoms with Crippen LogP contribution in [0.4, 0.5) is 5.69 Å². The summed E-state index contributed by atoms with van der Waals surface area (Å²) in [4.78, 5) is 30.7. The molecule has 2 amide bonds. The van der Waals surface area contributed by atoms with Crippen molar-refractivity contribution >= 4 is 17.5 Å². The Balaban J connectivity index is 1.61. The van der Waals surface area contributed by atoms with Gasteiger partial charge in [0.05, 0.1) is 24.3 Å². The van der Waals surface area contributed by atoms with Gasteiger partial charge in [-0.2, -0.15) is 0 Å². The molecule has 4 rings (SSSR count). The Morgan fingerprint density at radius 3 is 2.57 bits per heavy atom. The number of carbonyl (C=O) groups is 2. The fourth-order valence-electron chi connectivity index (χ4n) is 4.85. The first kappa shape index (κ1) is 26.9. The second kappa shape index (κ2) is 12.0.